The molecule has 0 aromatic carbocycles. The van der Waals surface area contributed by atoms with Gasteiger partial charge < -0.3 is 24.3 Å². The van der Waals surface area contributed by atoms with Gasteiger partial charge in [0.2, 0.25) is 0 Å². The summed E-state index contributed by atoms with van der Waals surface area (Å²) in [4.78, 5) is 35.5. The third-order valence-corrected chi connectivity index (χ3v) is 8.20. The van der Waals surface area contributed by atoms with Crippen molar-refractivity contribution in [1.82, 2.24) is 20.1 Å². The van der Waals surface area contributed by atoms with E-state index < -0.39 is 11.6 Å². The summed E-state index contributed by atoms with van der Waals surface area (Å²) < 4.78 is 12.0. The highest BCUT2D eigenvalue weighted by Gasteiger charge is 2.41. The van der Waals surface area contributed by atoms with E-state index in [1.165, 1.54) is 32.1 Å². The van der Waals surface area contributed by atoms with Crippen LogP contribution in [0.15, 0.2) is 16.5 Å². The summed E-state index contributed by atoms with van der Waals surface area (Å²) in [6.45, 7) is 13.8. The first-order valence-electron chi connectivity index (χ1n) is 13.9. The van der Waals surface area contributed by atoms with Gasteiger partial charge in [0.25, 0.3) is 11.8 Å². The normalized spacial score (nSPS) is 23.4. The molecule has 8 heteroatoms. The zero-order valence-corrected chi connectivity index (χ0v) is 23.1. The summed E-state index contributed by atoms with van der Waals surface area (Å²) in [6, 6.07) is 4.04. The van der Waals surface area contributed by atoms with Crippen molar-refractivity contribution >= 4 is 22.9 Å². The lowest BCUT2D eigenvalue weighted by molar-refractivity contribution is -0.149. The zero-order valence-electron chi connectivity index (χ0n) is 23.1. The molecule has 0 unspecified atom stereocenters. The van der Waals surface area contributed by atoms with Crippen LogP contribution in [0.25, 0.3) is 11.1 Å². The molecule has 1 aliphatic carbocycles. The first-order valence-corrected chi connectivity index (χ1v) is 13.9. The number of hydrogen-bond acceptors (Lipinski definition) is 6. The van der Waals surface area contributed by atoms with E-state index in [0.717, 1.165) is 23.3 Å². The summed E-state index contributed by atoms with van der Waals surface area (Å²) in [6.07, 6.45) is 5.68. The van der Waals surface area contributed by atoms with Crippen molar-refractivity contribution < 1.29 is 18.7 Å². The number of rotatable bonds is 3. The van der Waals surface area contributed by atoms with Crippen molar-refractivity contribution in [2.24, 2.45) is 0 Å². The molecule has 5 rings (SSSR count). The highest BCUT2D eigenvalue weighted by molar-refractivity contribution is 5.96. The third-order valence-electron chi connectivity index (χ3n) is 8.20. The maximum atomic E-state index is 13.8. The number of amides is 2. The predicted octanol–water partition coefficient (Wildman–Crippen LogP) is 4.22. The molecule has 1 N–H and O–H groups in total. The Labute approximate surface area is 220 Å². The van der Waals surface area contributed by atoms with Gasteiger partial charge in [-0.3, -0.25) is 9.59 Å². The van der Waals surface area contributed by atoms with Gasteiger partial charge in [-0.05, 0) is 38.2 Å². The van der Waals surface area contributed by atoms with Gasteiger partial charge in [-0.2, -0.15) is 0 Å². The van der Waals surface area contributed by atoms with Crippen LogP contribution in [-0.2, 0) is 14.9 Å². The van der Waals surface area contributed by atoms with Crippen LogP contribution >= 0.6 is 0 Å². The summed E-state index contributed by atoms with van der Waals surface area (Å²) in [7, 11) is 0. The van der Waals surface area contributed by atoms with Crippen molar-refractivity contribution in [3.63, 3.8) is 0 Å². The first kappa shape index (κ1) is 26.2. The number of pyridine rings is 1. The molecule has 3 aliphatic rings. The van der Waals surface area contributed by atoms with Crippen LogP contribution in [0, 0.1) is 0 Å². The van der Waals surface area contributed by atoms with E-state index >= 15 is 0 Å². The van der Waals surface area contributed by atoms with E-state index in [9.17, 15) is 9.59 Å². The highest BCUT2D eigenvalue weighted by atomic mass is 16.5. The van der Waals surface area contributed by atoms with Gasteiger partial charge in [-0.25, -0.2) is 4.98 Å². The molecule has 0 bridgehead atoms. The molecule has 4 heterocycles. The number of piperazine rings is 1. The monoisotopic (exact) mass is 510 g/mol. The predicted molar refractivity (Wildman–Crippen MR) is 143 cm³/mol. The van der Waals surface area contributed by atoms with Crippen LogP contribution in [0.2, 0.25) is 0 Å². The Hall–Kier alpha value is -2.45. The van der Waals surface area contributed by atoms with E-state index in [1.54, 1.807) is 0 Å². The van der Waals surface area contributed by atoms with Gasteiger partial charge in [-0.1, -0.05) is 40.0 Å². The Kier molecular flexibility index (Phi) is 7.09. The maximum Gasteiger partial charge on any atom is 0.290 e. The Bertz CT molecular complexity index is 1150. The van der Waals surface area contributed by atoms with Gasteiger partial charge in [0.05, 0.1) is 12.1 Å². The number of ether oxygens (including phenoxy) is 1. The molecule has 2 aromatic heterocycles. The second-order valence-electron chi connectivity index (χ2n) is 12.6. The molecule has 3 fully saturated rings. The maximum absolute atomic E-state index is 13.8. The molecular formula is C29H42N4O4. The quantitative estimate of drug-likeness (QED) is 0.665. The number of hydrogen-bond donors (Lipinski definition) is 1. The average molecular weight is 511 g/mol. The molecule has 2 saturated heterocycles. The second kappa shape index (κ2) is 10.0. The molecule has 0 radical (unpaired) electrons. The van der Waals surface area contributed by atoms with E-state index in [-0.39, 0.29) is 17.2 Å². The van der Waals surface area contributed by atoms with E-state index in [2.05, 4.69) is 32.2 Å². The molecule has 202 valence electrons. The summed E-state index contributed by atoms with van der Waals surface area (Å²) >= 11 is 0. The second-order valence-corrected chi connectivity index (χ2v) is 12.6. The lowest BCUT2D eigenvalue weighted by atomic mass is 9.82. The van der Waals surface area contributed by atoms with Gasteiger partial charge >= 0.3 is 0 Å². The van der Waals surface area contributed by atoms with Crippen LogP contribution in [0.1, 0.15) is 94.5 Å². The molecule has 1 saturated carbocycles. The topological polar surface area (TPSA) is 87.9 Å². The Morgan fingerprint density at radius 1 is 1.11 bits per heavy atom. The fourth-order valence-corrected chi connectivity index (χ4v) is 6.09. The van der Waals surface area contributed by atoms with Crippen molar-refractivity contribution in [1.29, 1.82) is 0 Å². The molecule has 2 amide bonds. The number of nitrogens with one attached hydrogen (secondary N) is 1. The van der Waals surface area contributed by atoms with Crippen LogP contribution in [0.5, 0.6) is 0 Å². The van der Waals surface area contributed by atoms with Crippen LogP contribution < -0.4 is 5.32 Å². The van der Waals surface area contributed by atoms with Crippen molar-refractivity contribution in [2.45, 2.75) is 89.7 Å². The lowest BCUT2D eigenvalue weighted by Crippen LogP contribution is -2.64. The first-order chi connectivity index (χ1) is 17.5. The van der Waals surface area contributed by atoms with Crippen molar-refractivity contribution in [2.75, 3.05) is 39.3 Å². The van der Waals surface area contributed by atoms with Crippen LogP contribution in [0.4, 0.5) is 0 Å². The van der Waals surface area contributed by atoms with Gasteiger partial charge in [0.15, 0.2) is 11.3 Å². The molecule has 8 nitrogen and oxygen atoms in total. The SMILES string of the molecule is CC(C)(C)c1cc(C2CCCCC2)nc2cc(C(=O)N3CCN(C(=O)[C@@H]4CNCCO4)CC3(C)C)oc12. The minimum Gasteiger partial charge on any atom is -0.449 e. The third kappa shape index (κ3) is 5.28. The molecule has 2 aliphatic heterocycles. The van der Waals surface area contributed by atoms with Crippen LogP contribution in [-0.4, -0.2) is 77.6 Å². The standard InChI is InChI=1S/C29H42N4O4/c1-28(2,3)20-15-21(19-9-7-6-8-10-19)31-22-16-23(37-25(20)22)27(35)33-13-12-32(18-29(33,4)5)26(34)24-17-30-11-14-36-24/h15-16,19,24,30H,6-14,17-18H2,1-5H3/t24-/m0/s1. The van der Waals surface area contributed by atoms with Gasteiger partial charge in [0.1, 0.15) is 11.6 Å². The molecule has 0 spiro atoms. The molecule has 37 heavy (non-hydrogen) atoms. The van der Waals surface area contributed by atoms with Gasteiger partial charge in [-0.15, -0.1) is 0 Å². The van der Waals surface area contributed by atoms with E-state index in [1.807, 2.05) is 29.7 Å². The zero-order chi connectivity index (χ0) is 26.4. The summed E-state index contributed by atoms with van der Waals surface area (Å²) in [5.74, 6) is 0.637. The fourth-order valence-electron chi connectivity index (χ4n) is 6.09. The number of carbonyl (C=O) groups is 2. The summed E-state index contributed by atoms with van der Waals surface area (Å²) in [5, 5.41) is 3.22. The van der Waals surface area contributed by atoms with E-state index in [0.29, 0.717) is 50.0 Å². The van der Waals surface area contributed by atoms with Crippen LogP contribution in [0.3, 0.4) is 0 Å². The lowest BCUT2D eigenvalue weighted by Gasteiger charge is -2.47. The number of carbonyl (C=O) groups excluding carboxylic acids is 2. The molecule has 1 atom stereocenters. The minimum absolute atomic E-state index is 0.00891. The van der Waals surface area contributed by atoms with E-state index in [4.69, 9.17) is 14.1 Å². The van der Waals surface area contributed by atoms with Crippen molar-refractivity contribution in [3.8, 4) is 0 Å². The summed E-state index contributed by atoms with van der Waals surface area (Å²) in [5.41, 5.74) is 3.04. The largest absolute Gasteiger partial charge is 0.449 e. The Morgan fingerprint density at radius 2 is 1.86 bits per heavy atom. The smallest absolute Gasteiger partial charge is 0.290 e. The molecule has 2 aromatic rings. The van der Waals surface area contributed by atoms with Gasteiger partial charge in [0, 0.05) is 56.0 Å². The number of furan rings is 1. The number of morpholine rings is 1. The fraction of sp³-hybridized carbons (Fsp3) is 0.690. The minimum atomic E-state index is -0.542. The number of fused-ring (bicyclic) bond motifs is 1. The molecular weight excluding hydrogens is 468 g/mol. The van der Waals surface area contributed by atoms with Crippen molar-refractivity contribution in [3.05, 3.63) is 29.2 Å². The highest BCUT2D eigenvalue weighted by Crippen LogP contribution is 2.38. The Morgan fingerprint density at radius 3 is 2.51 bits per heavy atom. The number of nitrogens with zero attached hydrogens (tertiary/aromatic N) is 3. The Balaban J connectivity index is 1.40. The number of aromatic nitrogens is 1. The average Bonchev–Trinajstić information content (AvgIpc) is 3.31.